The van der Waals surface area contributed by atoms with Gasteiger partial charge in [-0.05, 0) is 44.0 Å². The Morgan fingerprint density at radius 2 is 2.00 bits per heavy atom. The van der Waals surface area contributed by atoms with Gasteiger partial charge in [0.15, 0.2) is 6.29 Å². The van der Waals surface area contributed by atoms with Crippen LogP contribution in [0.4, 0.5) is 0 Å². The van der Waals surface area contributed by atoms with Crippen molar-refractivity contribution in [2.75, 3.05) is 6.61 Å². The third kappa shape index (κ3) is 3.39. The first-order valence-electron chi connectivity index (χ1n) is 7.38. The van der Waals surface area contributed by atoms with E-state index in [-0.39, 0.29) is 5.97 Å². The van der Waals surface area contributed by atoms with Gasteiger partial charge < -0.3 is 4.74 Å². The highest BCUT2D eigenvalue weighted by molar-refractivity contribution is 5.89. The SMILES string of the molecule is CCCCc1c(C=O)nnn1-c1ccc(C(=O)OCC)cc1. The molecule has 0 bridgehead atoms. The van der Waals surface area contributed by atoms with E-state index in [0.717, 1.165) is 36.9 Å². The second-order valence-electron chi connectivity index (χ2n) is 4.82. The Morgan fingerprint density at radius 3 is 2.59 bits per heavy atom. The summed E-state index contributed by atoms with van der Waals surface area (Å²) in [5.41, 5.74) is 2.40. The van der Waals surface area contributed by atoms with Crippen LogP contribution in [0.25, 0.3) is 5.69 Å². The number of carbonyl (C=O) groups is 2. The van der Waals surface area contributed by atoms with Gasteiger partial charge in [-0.25, -0.2) is 9.48 Å². The van der Waals surface area contributed by atoms with E-state index in [9.17, 15) is 9.59 Å². The Bertz CT molecular complexity index is 647. The molecule has 0 aliphatic heterocycles. The predicted octanol–water partition coefficient (Wildman–Crippen LogP) is 2.60. The third-order valence-electron chi connectivity index (χ3n) is 3.30. The number of unbranched alkanes of at least 4 members (excludes halogenated alkanes) is 1. The molecule has 0 spiro atoms. The second kappa shape index (κ2) is 7.49. The Morgan fingerprint density at radius 1 is 1.27 bits per heavy atom. The molecular formula is C16H19N3O3. The molecule has 1 aromatic heterocycles. The standard InChI is InChI=1S/C16H19N3O3/c1-3-5-6-15-14(11-20)17-18-19(15)13-9-7-12(8-10-13)16(21)22-4-2/h7-11H,3-6H2,1-2H3. The van der Waals surface area contributed by atoms with Gasteiger partial charge in [0.25, 0.3) is 0 Å². The average Bonchev–Trinajstić information content (AvgIpc) is 2.96. The monoisotopic (exact) mass is 301 g/mol. The minimum Gasteiger partial charge on any atom is -0.462 e. The average molecular weight is 301 g/mol. The zero-order valence-corrected chi connectivity index (χ0v) is 12.8. The van der Waals surface area contributed by atoms with E-state index in [4.69, 9.17) is 4.74 Å². The van der Waals surface area contributed by atoms with Gasteiger partial charge in [-0.2, -0.15) is 0 Å². The lowest BCUT2D eigenvalue weighted by molar-refractivity contribution is 0.0526. The van der Waals surface area contributed by atoms with Gasteiger partial charge in [0.2, 0.25) is 0 Å². The number of nitrogens with zero attached hydrogens (tertiary/aromatic N) is 3. The molecule has 0 fully saturated rings. The molecule has 0 unspecified atom stereocenters. The van der Waals surface area contributed by atoms with E-state index in [1.807, 2.05) is 0 Å². The van der Waals surface area contributed by atoms with E-state index in [0.29, 0.717) is 17.9 Å². The molecule has 0 aliphatic rings. The van der Waals surface area contributed by atoms with Crippen LogP contribution in [0.15, 0.2) is 24.3 Å². The molecule has 0 atom stereocenters. The fourth-order valence-electron chi connectivity index (χ4n) is 2.14. The number of carbonyl (C=O) groups excluding carboxylic acids is 2. The highest BCUT2D eigenvalue weighted by Crippen LogP contribution is 2.16. The highest BCUT2D eigenvalue weighted by Gasteiger charge is 2.14. The minimum absolute atomic E-state index is 0.341. The number of esters is 1. The lowest BCUT2D eigenvalue weighted by atomic mass is 10.1. The predicted molar refractivity (Wildman–Crippen MR) is 81.3 cm³/mol. The van der Waals surface area contributed by atoms with Crippen LogP contribution in [-0.4, -0.2) is 33.9 Å². The number of hydrogen-bond donors (Lipinski definition) is 0. The van der Waals surface area contributed by atoms with Crippen LogP contribution in [0.2, 0.25) is 0 Å². The minimum atomic E-state index is -0.354. The molecule has 0 saturated heterocycles. The summed E-state index contributed by atoms with van der Waals surface area (Å²) < 4.78 is 6.60. The highest BCUT2D eigenvalue weighted by atomic mass is 16.5. The Hall–Kier alpha value is -2.50. The molecule has 2 aromatic rings. The Balaban J connectivity index is 2.29. The molecule has 0 saturated carbocycles. The zero-order valence-electron chi connectivity index (χ0n) is 12.8. The van der Waals surface area contributed by atoms with Crippen molar-refractivity contribution in [3.8, 4) is 5.69 Å². The van der Waals surface area contributed by atoms with Crippen LogP contribution in [0.5, 0.6) is 0 Å². The Kier molecular flexibility index (Phi) is 5.41. The molecule has 116 valence electrons. The van der Waals surface area contributed by atoms with Crippen molar-refractivity contribution in [3.63, 3.8) is 0 Å². The Labute approximate surface area is 129 Å². The van der Waals surface area contributed by atoms with Gasteiger partial charge >= 0.3 is 5.97 Å². The van der Waals surface area contributed by atoms with Crippen molar-refractivity contribution in [1.82, 2.24) is 15.0 Å². The fraction of sp³-hybridized carbons (Fsp3) is 0.375. The number of hydrogen-bond acceptors (Lipinski definition) is 5. The lowest BCUT2D eigenvalue weighted by Gasteiger charge is -2.07. The van der Waals surface area contributed by atoms with Gasteiger partial charge in [0.1, 0.15) is 5.69 Å². The summed E-state index contributed by atoms with van der Waals surface area (Å²) in [5, 5.41) is 7.94. The topological polar surface area (TPSA) is 74.1 Å². The van der Waals surface area contributed by atoms with Crippen molar-refractivity contribution in [2.45, 2.75) is 33.1 Å². The second-order valence-corrected chi connectivity index (χ2v) is 4.82. The molecule has 22 heavy (non-hydrogen) atoms. The summed E-state index contributed by atoms with van der Waals surface area (Å²) in [5.74, 6) is -0.354. The smallest absolute Gasteiger partial charge is 0.338 e. The number of aldehydes is 1. The molecule has 0 N–H and O–H groups in total. The summed E-state index contributed by atoms with van der Waals surface area (Å²) >= 11 is 0. The number of ether oxygens (including phenoxy) is 1. The maximum Gasteiger partial charge on any atom is 0.338 e. The summed E-state index contributed by atoms with van der Waals surface area (Å²) in [6, 6.07) is 6.90. The molecule has 6 nitrogen and oxygen atoms in total. The molecule has 6 heteroatoms. The molecule has 0 aliphatic carbocycles. The summed E-state index contributed by atoms with van der Waals surface area (Å²) in [7, 11) is 0. The normalized spacial score (nSPS) is 10.5. The molecule has 1 aromatic carbocycles. The van der Waals surface area contributed by atoms with Gasteiger partial charge in [-0.1, -0.05) is 18.6 Å². The van der Waals surface area contributed by atoms with Crippen LogP contribution in [0, 0.1) is 0 Å². The summed E-state index contributed by atoms with van der Waals surface area (Å²) in [6.07, 6.45) is 3.43. The fourth-order valence-corrected chi connectivity index (χ4v) is 2.14. The van der Waals surface area contributed by atoms with E-state index in [1.54, 1.807) is 35.9 Å². The first-order chi connectivity index (χ1) is 10.7. The van der Waals surface area contributed by atoms with Crippen LogP contribution in [0.1, 0.15) is 53.2 Å². The molecule has 0 amide bonds. The molecule has 0 radical (unpaired) electrons. The summed E-state index contributed by atoms with van der Waals surface area (Å²) in [6.45, 7) is 4.19. The van der Waals surface area contributed by atoms with E-state index in [2.05, 4.69) is 17.2 Å². The first-order valence-corrected chi connectivity index (χ1v) is 7.38. The van der Waals surface area contributed by atoms with E-state index in [1.165, 1.54) is 0 Å². The van der Waals surface area contributed by atoms with Gasteiger partial charge in [-0.3, -0.25) is 4.79 Å². The van der Waals surface area contributed by atoms with Crippen LogP contribution >= 0.6 is 0 Å². The first kappa shape index (κ1) is 15.9. The van der Waals surface area contributed by atoms with Crippen molar-refractivity contribution in [2.24, 2.45) is 0 Å². The molecule has 2 rings (SSSR count). The van der Waals surface area contributed by atoms with E-state index >= 15 is 0 Å². The van der Waals surface area contributed by atoms with Gasteiger partial charge in [0.05, 0.1) is 23.6 Å². The van der Waals surface area contributed by atoms with Crippen molar-refractivity contribution < 1.29 is 14.3 Å². The number of rotatable bonds is 7. The quantitative estimate of drug-likeness (QED) is 0.580. The van der Waals surface area contributed by atoms with Crippen LogP contribution < -0.4 is 0 Å². The number of benzene rings is 1. The zero-order chi connectivity index (χ0) is 15.9. The van der Waals surface area contributed by atoms with Crippen LogP contribution in [0.3, 0.4) is 0 Å². The lowest BCUT2D eigenvalue weighted by Crippen LogP contribution is -2.07. The number of aromatic nitrogens is 3. The molecule has 1 heterocycles. The van der Waals surface area contributed by atoms with Crippen molar-refractivity contribution in [3.05, 3.63) is 41.2 Å². The third-order valence-corrected chi connectivity index (χ3v) is 3.30. The van der Waals surface area contributed by atoms with Gasteiger partial charge in [0, 0.05) is 0 Å². The van der Waals surface area contributed by atoms with Crippen molar-refractivity contribution in [1.29, 1.82) is 0 Å². The summed E-state index contributed by atoms with van der Waals surface area (Å²) in [4.78, 5) is 22.7. The van der Waals surface area contributed by atoms with E-state index < -0.39 is 0 Å². The largest absolute Gasteiger partial charge is 0.462 e. The maximum atomic E-state index is 11.6. The van der Waals surface area contributed by atoms with Crippen LogP contribution in [-0.2, 0) is 11.2 Å². The maximum absolute atomic E-state index is 11.6. The molecular weight excluding hydrogens is 282 g/mol. The van der Waals surface area contributed by atoms with Crippen molar-refractivity contribution >= 4 is 12.3 Å². The van der Waals surface area contributed by atoms with Gasteiger partial charge in [-0.15, -0.1) is 5.10 Å².